The molecule has 2 heterocycles. The number of hydrogen-bond acceptors (Lipinski definition) is 3. The SMILES string of the molecule is Cc1cc(C)cc(OCn2ccc(C(=O)NC(C)c3cccc(-n4cccc4)c3)n2)c1. The van der Waals surface area contributed by atoms with Gasteiger partial charge in [0.15, 0.2) is 6.73 Å². The molecule has 0 aliphatic carbocycles. The minimum absolute atomic E-state index is 0.153. The fourth-order valence-corrected chi connectivity index (χ4v) is 3.53. The van der Waals surface area contributed by atoms with Crippen molar-refractivity contribution < 1.29 is 9.53 Å². The van der Waals surface area contributed by atoms with Crippen molar-refractivity contribution in [2.24, 2.45) is 0 Å². The van der Waals surface area contributed by atoms with E-state index in [0.29, 0.717) is 5.69 Å². The summed E-state index contributed by atoms with van der Waals surface area (Å²) in [6.45, 7) is 6.27. The van der Waals surface area contributed by atoms with Crippen LogP contribution < -0.4 is 10.1 Å². The summed E-state index contributed by atoms with van der Waals surface area (Å²) in [5, 5.41) is 7.37. The number of amides is 1. The summed E-state index contributed by atoms with van der Waals surface area (Å²) in [4.78, 5) is 12.7. The van der Waals surface area contributed by atoms with Crippen LogP contribution in [0.3, 0.4) is 0 Å². The normalized spacial score (nSPS) is 11.8. The molecule has 0 radical (unpaired) electrons. The molecule has 1 N–H and O–H groups in total. The van der Waals surface area contributed by atoms with E-state index >= 15 is 0 Å². The Balaban J connectivity index is 1.38. The Morgan fingerprint density at radius 1 is 1.00 bits per heavy atom. The van der Waals surface area contributed by atoms with Crippen LogP contribution in [-0.2, 0) is 6.73 Å². The molecule has 4 rings (SSSR count). The third-order valence-electron chi connectivity index (χ3n) is 5.05. The molecule has 1 unspecified atom stereocenters. The maximum Gasteiger partial charge on any atom is 0.272 e. The first kappa shape index (κ1) is 20.5. The van der Waals surface area contributed by atoms with Crippen molar-refractivity contribution in [1.82, 2.24) is 19.7 Å². The predicted octanol–water partition coefficient (Wildman–Crippen LogP) is 4.82. The Hall–Kier alpha value is -3.80. The van der Waals surface area contributed by atoms with Gasteiger partial charge in [0.1, 0.15) is 11.4 Å². The van der Waals surface area contributed by atoms with E-state index in [9.17, 15) is 4.79 Å². The molecular weight excluding hydrogens is 388 g/mol. The summed E-state index contributed by atoms with van der Waals surface area (Å²) in [5.41, 5.74) is 4.72. The molecule has 0 aliphatic heterocycles. The number of aromatic nitrogens is 3. The third kappa shape index (κ3) is 5.04. The molecule has 0 saturated heterocycles. The molecule has 2 aromatic heterocycles. The molecule has 2 aromatic carbocycles. The number of nitrogens with zero attached hydrogens (tertiary/aromatic N) is 3. The maximum atomic E-state index is 12.7. The molecular formula is C25H26N4O2. The third-order valence-corrected chi connectivity index (χ3v) is 5.05. The average molecular weight is 415 g/mol. The van der Waals surface area contributed by atoms with Crippen LogP contribution in [0.5, 0.6) is 5.75 Å². The summed E-state index contributed by atoms with van der Waals surface area (Å²) in [5.74, 6) is 0.569. The lowest BCUT2D eigenvalue weighted by Crippen LogP contribution is -2.27. The highest BCUT2D eigenvalue weighted by Crippen LogP contribution is 2.18. The molecule has 31 heavy (non-hydrogen) atoms. The lowest BCUT2D eigenvalue weighted by Gasteiger charge is -2.15. The fraction of sp³-hybridized carbons (Fsp3) is 0.200. The first-order valence-corrected chi connectivity index (χ1v) is 10.3. The predicted molar refractivity (Wildman–Crippen MR) is 120 cm³/mol. The zero-order valence-electron chi connectivity index (χ0n) is 17.9. The van der Waals surface area contributed by atoms with Gasteiger partial charge in [-0.3, -0.25) is 4.79 Å². The minimum atomic E-state index is -0.219. The van der Waals surface area contributed by atoms with Gasteiger partial charge in [-0.05, 0) is 79.9 Å². The van der Waals surface area contributed by atoms with E-state index in [4.69, 9.17) is 4.74 Å². The van der Waals surface area contributed by atoms with Gasteiger partial charge in [0, 0.05) is 24.3 Å². The van der Waals surface area contributed by atoms with Crippen LogP contribution in [-0.4, -0.2) is 20.3 Å². The summed E-state index contributed by atoms with van der Waals surface area (Å²) in [6.07, 6.45) is 5.74. The Labute approximate surface area is 182 Å². The molecule has 4 aromatic rings. The summed E-state index contributed by atoms with van der Waals surface area (Å²) < 4.78 is 9.46. The highest BCUT2D eigenvalue weighted by Gasteiger charge is 2.14. The summed E-state index contributed by atoms with van der Waals surface area (Å²) in [6, 6.07) is 19.7. The smallest absolute Gasteiger partial charge is 0.272 e. The molecule has 0 aliphatic rings. The van der Waals surface area contributed by atoms with E-state index < -0.39 is 0 Å². The van der Waals surface area contributed by atoms with Crippen LogP contribution >= 0.6 is 0 Å². The van der Waals surface area contributed by atoms with Gasteiger partial charge in [-0.25, -0.2) is 4.68 Å². The van der Waals surface area contributed by atoms with E-state index in [1.165, 1.54) is 0 Å². The Morgan fingerprint density at radius 2 is 1.74 bits per heavy atom. The molecule has 0 fully saturated rings. The van der Waals surface area contributed by atoms with Gasteiger partial charge in [-0.1, -0.05) is 18.2 Å². The van der Waals surface area contributed by atoms with Crippen LogP contribution in [0.2, 0.25) is 0 Å². The molecule has 0 bridgehead atoms. The number of hydrogen-bond donors (Lipinski definition) is 1. The Morgan fingerprint density at radius 3 is 2.48 bits per heavy atom. The van der Waals surface area contributed by atoms with Crippen molar-refractivity contribution in [2.45, 2.75) is 33.5 Å². The molecule has 1 atom stereocenters. The summed E-state index contributed by atoms with van der Waals surface area (Å²) in [7, 11) is 0. The number of nitrogens with one attached hydrogen (secondary N) is 1. The fourth-order valence-electron chi connectivity index (χ4n) is 3.53. The van der Waals surface area contributed by atoms with Gasteiger partial charge >= 0.3 is 0 Å². The number of ether oxygens (including phenoxy) is 1. The largest absolute Gasteiger partial charge is 0.471 e. The van der Waals surface area contributed by atoms with Crippen molar-refractivity contribution in [1.29, 1.82) is 0 Å². The van der Waals surface area contributed by atoms with E-state index in [0.717, 1.165) is 28.1 Å². The molecule has 1 amide bonds. The monoisotopic (exact) mass is 414 g/mol. The van der Waals surface area contributed by atoms with E-state index in [1.807, 2.05) is 80.2 Å². The highest BCUT2D eigenvalue weighted by atomic mass is 16.5. The van der Waals surface area contributed by atoms with Crippen molar-refractivity contribution >= 4 is 5.91 Å². The lowest BCUT2D eigenvalue weighted by atomic mass is 10.1. The molecule has 0 saturated carbocycles. The number of carbonyl (C=O) groups excluding carboxylic acids is 1. The molecule has 6 nitrogen and oxygen atoms in total. The second-order valence-corrected chi connectivity index (χ2v) is 7.72. The van der Waals surface area contributed by atoms with Gasteiger partial charge in [-0.2, -0.15) is 5.10 Å². The standard InChI is InChI=1S/C25H26N4O2/c1-18-13-19(2)15-23(14-18)31-17-29-12-9-24(27-29)25(30)26-20(3)21-7-6-8-22(16-21)28-10-4-5-11-28/h4-16,20H,17H2,1-3H3,(H,26,30). The van der Waals surface area contributed by atoms with Crippen LogP contribution in [0.1, 0.15) is 40.1 Å². The first-order chi connectivity index (χ1) is 15.0. The van der Waals surface area contributed by atoms with Crippen LogP contribution in [0.25, 0.3) is 5.69 Å². The number of carbonyl (C=O) groups is 1. The number of aryl methyl sites for hydroxylation is 2. The van der Waals surface area contributed by atoms with Crippen LogP contribution in [0, 0.1) is 13.8 Å². The Bertz CT molecular complexity index is 1160. The minimum Gasteiger partial charge on any atom is -0.471 e. The van der Waals surface area contributed by atoms with Crippen molar-refractivity contribution in [3.8, 4) is 11.4 Å². The average Bonchev–Trinajstić information content (AvgIpc) is 3.44. The number of rotatable bonds is 7. The Kier molecular flexibility index (Phi) is 5.89. The van der Waals surface area contributed by atoms with E-state index in [-0.39, 0.29) is 18.7 Å². The first-order valence-electron chi connectivity index (χ1n) is 10.3. The van der Waals surface area contributed by atoms with Crippen molar-refractivity contribution in [2.75, 3.05) is 0 Å². The van der Waals surface area contributed by atoms with Crippen LogP contribution in [0.4, 0.5) is 0 Å². The van der Waals surface area contributed by atoms with Gasteiger partial charge in [0.05, 0.1) is 6.04 Å². The van der Waals surface area contributed by atoms with E-state index in [2.05, 4.69) is 22.5 Å². The highest BCUT2D eigenvalue weighted by molar-refractivity contribution is 5.92. The van der Waals surface area contributed by atoms with Gasteiger partial charge < -0.3 is 14.6 Å². The topological polar surface area (TPSA) is 61.1 Å². The molecule has 0 spiro atoms. The summed E-state index contributed by atoms with van der Waals surface area (Å²) >= 11 is 0. The van der Waals surface area contributed by atoms with Gasteiger partial charge in [-0.15, -0.1) is 0 Å². The zero-order valence-corrected chi connectivity index (χ0v) is 17.9. The second-order valence-electron chi connectivity index (χ2n) is 7.72. The maximum absolute atomic E-state index is 12.7. The van der Waals surface area contributed by atoms with Crippen molar-refractivity contribution in [3.63, 3.8) is 0 Å². The lowest BCUT2D eigenvalue weighted by molar-refractivity contribution is 0.0932. The van der Waals surface area contributed by atoms with Gasteiger partial charge in [0.2, 0.25) is 0 Å². The molecule has 6 heteroatoms. The van der Waals surface area contributed by atoms with Gasteiger partial charge in [0.25, 0.3) is 5.91 Å². The second kappa shape index (κ2) is 8.92. The van der Waals surface area contributed by atoms with Crippen molar-refractivity contribution in [3.05, 3.63) is 102 Å². The number of benzene rings is 2. The molecule has 158 valence electrons. The van der Waals surface area contributed by atoms with Crippen LogP contribution in [0.15, 0.2) is 79.3 Å². The zero-order chi connectivity index (χ0) is 21.8. The quantitative estimate of drug-likeness (QED) is 0.472. The van der Waals surface area contributed by atoms with E-state index in [1.54, 1.807) is 16.9 Å².